The molecular weight excluding hydrogens is 614 g/mol. The Morgan fingerprint density at radius 2 is 1.09 bits per heavy atom. The molecule has 0 radical (unpaired) electrons. The van der Waals surface area contributed by atoms with Gasteiger partial charge in [-0.15, -0.1) is 0 Å². The highest BCUT2D eigenvalue weighted by Gasteiger charge is 2.51. The predicted molar refractivity (Wildman–Crippen MR) is 175 cm³/mol. The van der Waals surface area contributed by atoms with Crippen molar-refractivity contribution in [2.24, 2.45) is 28.7 Å². The Morgan fingerprint density at radius 1 is 0.574 bits per heavy atom. The topological polar surface area (TPSA) is 277 Å². The van der Waals surface area contributed by atoms with Crippen LogP contribution in [0.25, 0.3) is 0 Å². The van der Waals surface area contributed by atoms with E-state index in [1.54, 1.807) is 0 Å². The molecule has 0 aromatic rings. The van der Waals surface area contributed by atoms with Gasteiger partial charge < -0.3 is 77.9 Å². The molecule has 15 atom stereocenters. The minimum Gasteiger partial charge on any atom is -0.389 e. The molecule has 2 saturated heterocycles. The summed E-state index contributed by atoms with van der Waals surface area (Å²) in [6.07, 6.45) is 1.64. The molecule has 3 fully saturated rings. The van der Waals surface area contributed by atoms with Crippen molar-refractivity contribution in [3.63, 3.8) is 0 Å². The maximum Gasteiger partial charge on any atom is 0.186 e. The summed E-state index contributed by atoms with van der Waals surface area (Å²) in [6.45, 7) is 2.68. The van der Waals surface area contributed by atoms with E-state index in [2.05, 4.69) is 6.92 Å². The van der Waals surface area contributed by atoms with Crippen LogP contribution in [-0.2, 0) is 23.7 Å². The number of unbranched alkanes of at least 4 members (excludes halogenated alkanes) is 11. The van der Waals surface area contributed by atoms with Gasteiger partial charge in [-0.1, -0.05) is 77.6 Å². The lowest BCUT2D eigenvalue weighted by Crippen LogP contribution is -2.69. The van der Waals surface area contributed by atoms with Crippen molar-refractivity contribution >= 4 is 0 Å². The Morgan fingerprint density at radius 3 is 1.64 bits per heavy atom. The maximum atomic E-state index is 11.3. The molecule has 3 rings (SSSR count). The zero-order valence-electron chi connectivity index (χ0n) is 28.1. The molecular formula is C32H65N5O10. The van der Waals surface area contributed by atoms with E-state index in [9.17, 15) is 25.5 Å². The van der Waals surface area contributed by atoms with Gasteiger partial charge in [-0.05, 0) is 12.8 Å². The fraction of sp³-hybridized carbons (Fsp3) is 1.00. The van der Waals surface area contributed by atoms with Gasteiger partial charge in [-0.25, -0.2) is 0 Å². The smallest absolute Gasteiger partial charge is 0.186 e. The number of hydrogen-bond donors (Lipinski definition) is 10. The van der Waals surface area contributed by atoms with Gasteiger partial charge >= 0.3 is 0 Å². The first-order valence-corrected chi connectivity index (χ1v) is 17.8. The lowest BCUT2D eigenvalue weighted by Gasteiger charge is -2.48. The third kappa shape index (κ3) is 11.7. The van der Waals surface area contributed by atoms with Crippen LogP contribution < -0.4 is 28.7 Å². The third-order valence-electron chi connectivity index (χ3n) is 9.81. The fourth-order valence-electron chi connectivity index (χ4n) is 6.68. The Bertz CT molecular complexity index is 852. The van der Waals surface area contributed by atoms with Crippen molar-refractivity contribution in [2.45, 2.75) is 182 Å². The summed E-state index contributed by atoms with van der Waals surface area (Å²) < 4.78 is 29.3. The molecule has 2 aliphatic heterocycles. The standard InChI is InChI=1S/C32H65N5O10/c1-2-3-4-5-6-7-8-9-10-11-12-13-14-43-17-21-24(38)22(36)27(41)32(45-21)47-30-19(35)15-18(34)29(28(30)42)46-31-23(37)26(40)25(39)20(16-33)44-31/h18-32,38-42H,2-17,33-37H2,1H3/t18-,19+,20+,21+,22-,23+,24+,25+,26+,27+,28-,29+,30-,31+,32+/m0/s1. The fourth-order valence-corrected chi connectivity index (χ4v) is 6.68. The minimum absolute atomic E-state index is 0.0444. The van der Waals surface area contributed by atoms with Crippen LogP contribution in [0, 0.1) is 0 Å². The van der Waals surface area contributed by atoms with Crippen LogP contribution in [0.1, 0.15) is 90.4 Å². The lowest BCUT2D eigenvalue weighted by atomic mass is 9.84. The summed E-state index contributed by atoms with van der Waals surface area (Å²) >= 11 is 0. The predicted octanol–water partition coefficient (Wildman–Crippen LogP) is -1.60. The van der Waals surface area contributed by atoms with Crippen molar-refractivity contribution in [3.8, 4) is 0 Å². The highest BCUT2D eigenvalue weighted by Crippen LogP contribution is 2.31. The van der Waals surface area contributed by atoms with Gasteiger partial charge in [0, 0.05) is 25.2 Å². The summed E-state index contributed by atoms with van der Waals surface area (Å²) in [5.74, 6) is 0. The average molecular weight is 680 g/mol. The van der Waals surface area contributed by atoms with Crippen molar-refractivity contribution in [3.05, 3.63) is 0 Å². The minimum atomic E-state index is -1.43. The largest absolute Gasteiger partial charge is 0.389 e. The molecule has 15 N–H and O–H groups in total. The summed E-state index contributed by atoms with van der Waals surface area (Å²) in [5, 5.41) is 53.3. The van der Waals surface area contributed by atoms with Gasteiger partial charge in [0.1, 0.15) is 54.9 Å². The van der Waals surface area contributed by atoms with E-state index in [1.165, 1.54) is 57.8 Å². The van der Waals surface area contributed by atoms with E-state index in [0.29, 0.717) is 6.61 Å². The quantitative estimate of drug-likeness (QED) is 0.0649. The van der Waals surface area contributed by atoms with Gasteiger partial charge in [-0.2, -0.15) is 0 Å². The van der Waals surface area contributed by atoms with Crippen LogP contribution in [0.15, 0.2) is 0 Å². The van der Waals surface area contributed by atoms with Crippen LogP contribution in [0.5, 0.6) is 0 Å². The molecule has 1 aliphatic carbocycles. The van der Waals surface area contributed by atoms with Gasteiger partial charge in [0.05, 0.1) is 18.7 Å². The third-order valence-corrected chi connectivity index (χ3v) is 9.81. The molecule has 3 aliphatic rings. The van der Waals surface area contributed by atoms with Crippen molar-refractivity contribution < 1.29 is 49.2 Å². The Balaban J connectivity index is 1.44. The molecule has 1 saturated carbocycles. The monoisotopic (exact) mass is 679 g/mol. The van der Waals surface area contributed by atoms with E-state index in [1.807, 2.05) is 0 Å². The number of nitrogens with two attached hydrogens (primary N) is 5. The van der Waals surface area contributed by atoms with Crippen LogP contribution in [0.3, 0.4) is 0 Å². The van der Waals surface area contributed by atoms with Gasteiger partial charge in [0.25, 0.3) is 0 Å². The first kappa shape index (κ1) is 40.8. The van der Waals surface area contributed by atoms with Crippen LogP contribution in [0.2, 0.25) is 0 Å². The number of aliphatic hydroxyl groups is 5. The zero-order valence-corrected chi connectivity index (χ0v) is 28.1. The molecule has 0 aromatic carbocycles. The first-order chi connectivity index (χ1) is 22.5. The number of rotatable bonds is 20. The number of aliphatic hydroxyl groups excluding tert-OH is 5. The average Bonchev–Trinajstić information content (AvgIpc) is 3.05. The Kier molecular flexibility index (Phi) is 18.2. The molecule has 2 heterocycles. The second-order valence-corrected chi connectivity index (χ2v) is 13.7. The zero-order chi connectivity index (χ0) is 34.5. The summed E-state index contributed by atoms with van der Waals surface area (Å²) in [7, 11) is 0. The normalized spacial score (nSPS) is 41.3. The van der Waals surface area contributed by atoms with Crippen LogP contribution in [-0.4, -0.2) is 137 Å². The summed E-state index contributed by atoms with van der Waals surface area (Å²) in [6, 6.07) is -3.79. The second-order valence-electron chi connectivity index (χ2n) is 13.7. The molecule has 15 nitrogen and oxygen atoms in total. The van der Waals surface area contributed by atoms with E-state index < -0.39 is 91.7 Å². The van der Waals surface area contributed by atoms with E-state index in [-0.39, 0.29) is 19.6 Å². The molecule has 15 heteroatoms. The van der Waals surface area contributed by atoms with E-state index in [0.717, 1.165) is 19.3 Å². The van der Waals surface area contributed by atoms with Crippen molar-refractivity contribution in [2.75, 3.05) is 19.8 Å². The first-order valence-electron chi connectivity index (χ1n) is 17.8. The molecule has 0 aromatic heterocycles. The SMILES string of the molecule is CCCCCCCCCCCCCCOC[C@H]1O[C@H](O[C@@H]2[C@@H](O)[C@H](O[C@H]3O[C@H](CN)[C@@H](O)[C@H](O)[C@H]3N)[C@@H](N)C[C@H]2N)[C@H](O)[C@@H](N)[C@@H]1O. The van der Waals surface area contributed by atoms with E-state index in [4.69, 9.17) is 52.4 Å². The summed E-state index contributed by atoms with van der Waals surface area (Å²) in [5.41, 5.74) is 30.4. The van der Waals surface area contributed by atoms with Gasteiger partial charge in [-0.3, -0.25) is 0 Å². The van der Waals surface area contributed by atoms with Gasteiger partial charge in [0.15, 0.2) is 12.6 Å². The lowest BCUT2D eigenvalue weighted by molar-refractivity contribution is -0.319. The summed E-state index contributed by atoms with van der Waals surface area (Å²) in [4.78, 5) is 0. The second kappa shape index (κ2) is 20.9. The van der Waals surface area contributed by atoms with Crippen LogP contribution in [0.4, 0.5) is 0 Å². The molecule has 0 spiro atoms. The highest BCUT2D eigenvalue weighted by molar-refractivity contribution is 5.01. The molecule has 0 bridgehead atoms. The number of hydrogen-bond acceptors (Lipinski definition) is 15. The van der Waals surface area contributed by atoms with E-state index >= 15 is 0 Å². The van der Waals surface area contributed by atoms with Crippen molar-refractivity contribution in [1.29, 1.82) is 0 Å². The number of ether oxygens (including phenoxy) is 5. The molecule has 278 valence electrons. The van der Waals surface area contributed by atoms with Gasteiger partial charge in [0.2, 0.25) is 0 Å². The Hall–Kier alpha value is -0.600. The maximum absolute atomic E-state index is 11.3. The highest BCUT2D eigenvalue weighted by atomic mass is 16.7. The molecule has 0 unspecified atom stereocenters. The van der Waals surface area contributed by atoms with Crippen molar-refractivity contribution in [1.82, 2.24) is 0 Å². The van der Waals surface area contributed by atoms with Crippen LogP contribution >= 0.6 is 0 Å². The molecule has 47 heavy (non-hydrogen) atoms. The Labute approximate surface area is 279 Å². The molecule has 0 amide bonds.